The molecule has 20 heavy (non-hydrogen) atoms. The highest BCUT2D eigenvalue weighted by Crippen LogP contribution is 2.18. The molecule has 0 spiro atoms. The Balaban J connectivity index is 1.84. The first-order valence-corrected chi connectivity index (χ1v) is 6.56. The summed E-state index contributed by atoms with van der Waals surface area (Å²) in [5.74, 6) is 1.26. The van der Waals surface area contributed by atoms with Gasteiger partial charge in [0.1, 0.15) is 5.82 Å². The minimum atomic E-state index is 0.527. The number of ether oxygens (including phenoxy) is 3. The molecule has 0 aliphatic carbocycles. The van der Waals surface area contributed by atoms with Crippen LogP contribution >= 0.6 is 0 Å². The fourth-order valence-corrected chi connectivity index (χ4v) is 1.69. The molecule has 0 aromatic carbocycles. The van der Waals surface area contributed by atoms with Crippen LogP contribution in [0.4, 0.5) is 5.82 Å². The lowest BCUT2D eigenvalue weighted by molar-refractivity contribution is 0.0642. The van der Waals surface area contributed by atoms with Gasteiger partial charge in [-0.15, -0.1) is 0 Å². The zero-order chi connectivity index (χ0) is 14.2. The van der Waals surface area contributed by atoms with Gasteiger partial charge in [-0.05, 0) is 0 Å². The SMILES string of the molecule is CNc1cn2ccnc2c(OCCCOCCOC)n1. The van der Waals surface area contributed by atoms with Crippen molar-refractivity contribution in [1.82, 2.24) is 14.4 Å². The van der Waals surface area contributed by atoms with Crippen LogP contribution in [0.3, 0.4) is 0 Å². The molecule has 0 amide bonds. The van der Waals surface area contributed by atoms with Crippen LogP contribution in [-0.2, 0) is 9.47 Å². The van der Waals surface area contributed by atoms with Gasteiger partial charge in [0.2, 0.25) is 5.65 Å². The molecule has 0 saturated heterocycles. The van der Waals surface area contributed by atoms with Gasteiger partial charge in [-0.3, -0.25) is 4.40 Å². The van der Waals surface area contributed by atoms with Crippen LogP contribution < -0.4 is 10.1 Å². The second kappa shape index (κ2) is 7.66. The van der Waals surface area contributed by atoms with E-state index in [1.54, 1.807) is 13.3 Å². The Bertz CT molecular complexity index is 529. The Kier molecular flexibility index (Phi) is 5.57. The number of hydrogen-bond donors (Lipinski definition) is 1. The molecular formula is C13H20N4O3. The third kappa shape index (κ3) is 3.82. The van der Waals surface area contributed by atoms with Crippen LogP contribution in [0.1, 0.15) is 6.42 Å². The average molecular weight is 280 g/mol. The molecule has 0 aliphatic heterocycles. The van der Waals surface area contributed by atoms with E-state index in [0.29, 0.717) is 38.0 Å². The second-order valence-corrected chi connectivity index (χ2v) is 4.15. The van der Waals surface area contributed by atoms with E-state index in [1.165, 1.54) is 0 Å². The number of fused-ring (bicyclic) bond motifs is 1. The van der Waals surface area contributed by atoms with Crippen LogP contribution in [-0.4, -0.2) is 55.0 Å². The summed E-state index contributed by atoms with van der Waals surface area (Å²) >= 11 is 0. The maximum absolute atomic E-state index is 5.68. The number of hydrogen-bond acceptors (Lipinski definition) is 6. The van der Waals surface area contributed by atoms with Crippen molar-refractivity contribution < 1.29 is 14.2 Å². The molecule has 0 aliphatic rings. The van der Waals surface area contributed by atoms with Gasteiger partial charge in [0, 0.05) is 39.6 Å². The number of nitrogens with zero attached hydrogens (tertiary/aromatic N) is 3. The molecular weight excluding hydrogens is 260 g/mol. The molecule has 2 aromatic rings. The first-order chi connectivity index (χ1) is 9.85. The normalized spacial score (nSPS) is 10.9. The molecule has 0 bridgehead atoms. The first-order valence-electron chi connectivity index (χ1n) is 6.56. The van der Waals surface area contributed by atoms with Gasteiger partial charge in [0.15, 0.2) is 0 Å². The van der Waals surface area contributed by atoms with E-state index < -0.39 is 0 Å². The van der Waals surface area contributed by atoms with Gasteiger partial charge in [0.05, 0.1) is 26.0 Å². The number of anilines is 1. The predicted octanol–water partition coefficient (Wildman–Crippen LogP) is 1.20. The standard InChI is InChI=1S/C13H20N4O3/c1-14-11-10-17-5-4-15-12(17)13(16-11)20-7-3-6-19-9-8-18-2/h4-5,10,14H,3,6-9H2,1-2H3. The van der Waals surface area contributed by atoms with E-state index in [-0.39, 0.29) is 0 Å². The van der Waals surface area contributed by atoms with Crippen LogP contribution in [0, 0.1) is 0 Å². The third-order valence-electron chi connectivity index (χ3n) is 2.70. The largest absolute Gasteiger partial charge is 0.475 e. The number of imidazole rings is 1. The summed E-state index contributed by atoms with van der Waals surface area (Å²) in [5, 5.41) is 3.00. The zero-order valence-corrected chi connectivity index (χ0v) is 11.8. The molecule has 7 heteroatoms. The molecule has 7 nitrogen and oxygen atoms in total. The maximum Gasteiger partial charge on any atom is 0.260 e. The van der Waals surface area contributed by atoms with E-state index in [4.69, 9.17) is 14.2 Å². The summed E-state index contributed by atoms with van der Waals surface area (Å²) in [5.41, 5.74) is 0.712. The molecule has 2 rings (SSSR count). The summed E-state index contributed by atoms with van der Waals surface area (Å²) in [6.45, 7) is 2.39. The van der Waals surface area contributed by atoms with Crippen molar-refractivity contribution in [3.63, 3.8) is 0 Å². The molecule has 0 unspecified atom stereocenters. The predicted molar refractivity (Wildman–Crippen MR) is 75.3 cm³/mol. The van der Waals surface area contributed by atoms with Gasteiger partial charge >= 0.3 is 0 Å². The van der Waals surface area contributed by atoms with Crippen LogP contribution in [0.5, 0.6) is 5.88 Å². The molecule has 0 radical (unpaired) electrons. The third-order valence-corrected chi connectivity index (χ3v) is 2.70. The topological polar surface area (TPSA) is 69.9 Å². The Morgan fingerprint density at radius 1 is 1.25 bits per heavy atom. The highest BCUT2D eigenvalue weighted by molar-refractivity contribution is 5.53. The van der Waals surface area contributed by atoms with Crippen molar-refractivity contribution in [2.45, 2.75) is 6.42 Å². The fourth-order valence-electron chi connectivity index (χ4n) is 1.69. The average Bonchev–Trinajstić information content (AvgIpc) is 2.94. The van der Waals surface area contributed by atoms with Crippen molar-refractivity contribution >= 4 is 11.5 Å². The fraction of sp³-hybridized carbons (Fsp3) is 0.538. The molecule has 0 saturated carbocycles. The molecule has 2 heterocycles. The summed E-state index contributed by atoms with van der Waals surface area (Å²) in [7, 11) is 3.47. The van der Waals surface area contributed by atoms with E-state index >= 15 is 0 Å². The molecule has 0 atom stereocenters. The van der Waals surface area contributed by atoms with Gasteiger partial charge < -0.3 is 19.5 Å². The van der Waals surface area contributed by atoms with Crippen molar-refractivity contribution in [1.29, 1.82) is 0 Å². The Morgan fingerprint density at radius 2 is 2.15 bits per heavy atom. The van der Waals surface area contributed by atoms with Crippen LogP contribution in [0.25, 0.3) is 5.65 Å². The lowest BCUT2D eigenvalue weighted by atomic mass is 10.5. The summed E-state index contributed by atoms with van der Waals surface area (Å²) in [6.07, 6.45) is 6.24. The number of nitrogens with one attached hydrogen (secondary N) is 1. The Labute approximate surface area is 117 Å². The first kappa shape index (κ1) is 14.5. The van der Waals surface area contributed by atoms with Gasteiger partial charge in [-0.2, -0.15) is 4.98 Å². The smallest absolute Gasteiger partial charge is 0.260 e. The highest BCUT2D eigenvalue weighted by Gasteiger charge is 2.07. The van der Waals surface area contributed by atoms with Gasteiger partial charge in [-0.25, -0.2) is 4.98 Å². The van der Waals surface area contributed by atoms with Crippen molar-refractivity contribution in [2.24, 2.45) is 0 Å². The summed E-state index contributed by atoms with van der Waals surface area (Å²) < 4.78 is 17.8. The van der Waals surface area contributed by atoms with E-state index in [0.717, 1.165) is 12.2 Å². The Hall–Kier alpha value is -1.86. The van der Waals surface area contributed by atoms with Crippen molar-refractivity contribution in [3.8, 4) is 5.88 Å². The van der Waals surface area contributed by atoms with Gasteiger partial charge in [0.25, 0.3) is 5.88 Å². The second-order valence-electron chi connectivity index (χ2n) is 4.15. The maximum atomic E-state index is 5.68. The molecule has 2 aromatic heterocycles. The van der Waals surface area contributed by atoms with Crippen LogP contribution in [0.15, 0.2) is 18.6 Å². The minimum absolute atomic E-state index is 0.527. The lowest BCUT2D eigenvalue weighted by Crippen LogP contribution is -2.08. The minimum Gasteiger partial charge on any atom is -0.475 e. The molecule has 1 N–H and O–H groups in total. The monoisotopic (exact) mass is 280 g/mol. The van der Waals surface area contributed by atoms with E-state index in [1.807, 2.05) is 23.8 Å². The van der Waals surface area contributed by atoms with E-state index in [2.05, 4.69) is 15.3 Å². The van der Waals surface area contributed by atoms with Crippen molar-refractivity contribution in [2.75, 3.05) is 45.9 Å². The molecule has 110 valence electrons. The number of aromatic nitrogens is 3. The van der Waals surface area contributed by atoms with Crippen molar-refractivity contribution in [3.05, 3.63) is 18.6 Å². The summed E-state index contributed by atoms with van der Waals surface area (Å²) in [6, 6.07) is 0. The van der Waals surface area contributed by atoms with Crippen LogP contribution in [0.2, 0.25) is 0 Å². The highest BCUT2D eigenvalue weighted by atomic mass is 16.5. The van der Waals surface area contributed by atoms with E-state index in [9.17, 15) is 0 Å². The Morgan fingerprint density at radius 3 is 2.95 bits per heavy atom. The number of rotatable bonds is 9. The lowest BCUT2D eigenvalue weighted by Gasteiger charge is -2.09. The number of methoxy groups -OCH3 is 1. The van der Waals surface area contributed by atoms with Gasteiger partial charge in [-0.1, -0.05) is 0 Å². The summed E-state index contributed by atoms with van der Waals surface area (Å²) in [4.78, 5) is 8.59. The molecule has 0 fully saturated rings. The zero-order valence-electron chi connectivity index (χ0n) is 11.8. The quantitative estimate of drug-likeness (QED) is 0.696.